The summed E-state index contributed by atoms with van der Waals surface area (Å²) >= 11 is 5.92. The lowest BCUT2D eigenvalue weighted by Gasteiger charge is -2.31. The Bertz CT molecular complexity index is 557. The van der Waals surface area contributed by atoms with Gasteiger partial charge in [0.05, 0.1) is 24.3 Å². The summed E-state index contributed by atoms with van der Waals surface area (Å²) in [7, 11) is 0. The number of quaternary nitrogens is 1. The van der Waals surface area contributed by atoms with Crippen molar-refractivity contribution >= 4 is 23.2 Å². The maximum absolute atomic E-state index is 12.2. The van der Waals surface area contributed by atoms with Crippen molar-refractivity contribution in [3.05, 3.63) is 28.8 Å². The highest BCUT2D eigenvalue weighted by Gasteiger charge is 2.26. The summed E-state index contributed by atoms with van der Waals surface area (Å²) in [6.45, 7) is 6.96. The van der Waals surface area contributed by atoms with Gasteiger partial charge in [-0.1, -0.05) is 25.4 Å². The summed E-state index contributed by atoms with van der Waals surface area (Å²) in [6, 6.07) is 6.95. The molecule has 1 aromatic rings. The monoisotopic (exact) mass is 306 g/mol. The molecule has 1 aliphatic heterocycles. The Kier molecular flexibility index (Phi) is 5.22. The predicted octanol–water partition coefficient (Wildman–Crippen LogP) is 1.71. The fraction of sp³-hybridized carbons (Fsp3) is 0.500. The van der Waals surface area contributed by atoms with E-state index in [1.165, 1.54) is 11.3 Å². The number of hydrogen-bond donors (Lipinski definition) is 2. The van der Waals surface area contributed by atoms with Crippen molar-refractivity contribution in [3.8, 4) is 6.07 Å². The Labute approximate surface area is 130 Å². The highest BCUT2D eigenvalue weighted by Crippen LogP contribution is 2.20. The van der Waals surface area contributed by atoms with Crippen LogP contribution in [0.1, 0.15) is 25.8 Å². The summed E-state index contributed by atoms with van der Waals surface area (Å²) < 4.78 is 0. The normalized spacial score (nSPS) is 25.1. The number of carbonyl (C=O) groups is 1. The highest BCUT2D eigenvalue weighted by molar-refractivity contribution is 6.31. The van der Waals surface area contributed by atoms with E-state index in [1.807, 2.05) is 0 Å². The largest absolute Gasteiger partial charge is 0.327 e. The molecule has 2 N–H and O–H groups in total. The maximum Gasteiger partial charge on any atom is 0.279 e. The third-order valence-electron chi connectivity index (χ3n) is 3.87. The number of anilines is 1. The molecule has 1 fully saturated rings. The molecule has 5 heteroatoms. The van der Waals surface area contributed by atoms with Crippen LogP contribution in [-0.4, -0.2) is 25.5 Å². The van der Waals surface area contributed by atoms with E-state index < -0.39 is 0 Å². The molecule has 0 saturated carbocycles. The fourth-order valence-electron chi connectivity index (χ4n) is 3.21. The number of nitriles is 1. The molecule has 1 aromatic carbocycles. The van der Waals surface area contributed by atoms with Crippen LogP contribution >= 0.6 is 11.6 Å². The van der Waals surface area contributed by atoms with Gasteiger partial charge in [-0.05, 0) is 24.6 Å². The van der Waals surface area contributed by atoms with Crippen LogP contribution in [0.5, 0.6) is 0 Å². The molecule has 1 heterocycles. The number of hydrogen-bond acceptors (Lipinski definition) is 2. The zero-order valence-corrected chi connectivity index (χ0v) is 13.2. The molecular formula is C16H21ClN3O+. The molecule has 4 nitrogen and oxygen atoms in total. The molecule has 1 saturated heterocycles. The topological polar surface area (TPSA) is 57.3 Å². The average molecular weight is 307 g/mol. The van der Waals surface area contributed by atoms with E-state index in [9.17, 15) is 4.79 Å². The van der Waals surface area contributed by atoms with Crippen molar-refractivity contribution < 1.29 is 9.69 Å². The summed E-state index contributed by atoms with van der Waals surface area (Å²) in [5.41, 5.74) is 0.927. The van der Waals surface area contributed by atoms with Crippen LogP contribution in [-0.2, 0) is 4.79 Å². The van der Waals surface area contributed by atoms with Crippen molar-refractivity contribution in [1.29, 1.82) is 5.26 Å². The van der Waals surface area contributed by atoms with Gasteiger partial charge in [-0.15, -0.1) is 0 Å². The van der Waals surface area contributed by atoms with Crippen LogP contribution in [0.25, 0.3) is 0 Å². The minimum absolute atomic E-state index is 0.0648. The molecule has 1 amide bonds. The van der Waals surface area contributed by atoms with E-state index in [4.69, 9.17) is 16.9 Å². The van der Waals surface area contributed by atoms with E-state index in [0.29, 0.717) is 34.7 Å². The Morgan fingerprint density at radius 1 is 1.43 bits per heavy atom. The van der Waals surface area contributed by atoms with Gasteiger partial charge in [0.15, 0.2) is 6.54 Å². The second kappa shape index (κ2) is 6.93. The van der Waals surface area contributed by atoms with E-state index in [0.717, 1.165) is 13.1 Å². The first kappa shape index (κ1) is 15.8. The Balaban J connectivity index is 1.99. The summed E-state index contributed by atoms with van der Waals surface area (Å²) in [6.07, 6.45) is 1.23. The minimum Gasteiger partial charge on any atom is -0.327 e. The maximum atomic E-state index is 12.2. The standard InChI is InChI=1S/C16H20ClN3O/c1-11-5-12(2)9-20(8-11)10-16(21)19-15-6-14(17)4-3-13(15)7-18/h3-4,6,11-12H,5,8-10H2,1-2H3,(H,19,21)/p+1/t11-,12-/m1/s1. The van der Waals surface area contributed by atoms with Crippen LogP contribution in [0.3, 0.4) is 0 Å². The van der Waals surface area contributed by atoms with Gasteiger partial charge in [0.25, 0.3) is 5.91 Å². The van der Waals surface area contributed by atoms with Crippen LogP contribution in [0, 0.1) is 23.2 Å². The SMILES string of the molecule is C[C@@H]1C[C@@H](C)C[NH+](CC(=O)Nc2cc(Cl)ccc2C#N)C1. The summed E-state index contributed by atoms with van der Waals surface area (Å²) in [5.74, 6) is 1.24. The second-order valence-electron chi connectivity index (χ2n) is 6.13. The van der Waals surface area contributed by atoms with E-state index in [1.54, 1.807) is 18.2 Å². The summed E-state index contributed by atoms with van der Waals surface area (Å²) in [4.78, 5) is 13.5. The van der Waals surface area contributed by atoms with Crippen molar-refractivity contribution in [2.45, 2.75) is 20.3 Å². The molecule has 0 bridgehead atoms. The zero-order valence-electron chi connectivity index (χ0n) is 12.4. The lowest BCUT2D eigenvalue weighted by molar-refractivity contribution is -0.904. The number of amides is 1. The van der Waals surface area contributed by atoms with Crippen molar-refractivity contribution in [2.24, 2.45) is 11.8 Å². The first-order valence-electron chi connectivity index (χ1n) is 7.31. The second-order valence-corrected chi connectivity index (χ2v) is 6.57. The number of piperidine rings is 1. The first-order chi connectivity index (χ1) is 9.97. The molecule has 0 aromatic heterocycles. The zero-order chi connectivity index (χ0) is 15.4. The van der Waals surface area contributed by atoms with Crippen LogP contribution in [0.15, 0.2) is 18.2 Å². The number of nitrogens with one attached hydrogen (secondary N) is 2. The third-order valence-corrected chi connectivity index (χ3v) is 4.10. The molecule has 0 radical (unpaired) electrons. The van der Waals surface area contributed by atoms with E-state index >= 15 is 0 Å². The van der Waals surface area contributed by atoms with Gasteiger partial charge in [0.2, 0.25) is 0 Å². The quantitative estimate of drug-likeness (QED) is 0.893. The molecule has 0 spiro atoms. The number of nitrogens with zero attached hydrogens (tertiary/aromatic N) is 1. The molecule has 0 aliphatic carbocycles. The van der Waals surface area contributed by atoms with E-state index in [-0.39, 0.29) is 5.91 Å². The Hall–Kier alpha value is -1.57. The average Bonchev–Trinajstić information content (AvgIpc) is 2.37. The number of rotatable bonds is 3. The van der Waals surface area contributed by atoms with Gasteiger partial charge in [0, 0.05) is 16.9 Å². The molecular weight excluding hydrogens is 286 g/mol. The van der Waals surface area contributed by atoms with Gasteiger partial charge in [-0.3, -0.25) is 4.79 Å². The van der Waals surface area contributed by atoms with Gasteiger partial charge >= 0.3 is 0 Å². The van der Waals surface area contributed by atoms with Gasteiger partial charge < -0.3 is 10.2 Å². The molecule has 0 unspecified atom stereocenters. The predicted molar refractivity (Wildman–Crippen MR) is 83.3 cm³/mol. The van der Waals surface area contributed by atoms with Crippen molar-refractivity contribution in [2.75, 3.05) is 25.0 Å². The van der Waals surface area contributed by atoms with Crippen LogP contribution in [0.4, 0.5) is 5.69 Å². The molecule has 21 heavy (non-hydrogen) atoms. The Morgan fingerprint density at radius 2 is 2.10 bits per heavy atom. The van der Waals surface area contributed by atoms with Crippen LogP contribution < -0.4 is 10.2 Å². The van der Waals surface area contributed by atoms with Gasteiger partial charge in [-0.2, -0.15) is 5.26 Å². The minimum atomic E-state index is -0.0648. The van der Waals surface area contributed by atoms with Crippen molar-refractivity contribution in [1.82, 2.24) is 0 Å². The van der Waals surface area contributed by atoms with Crippen LogP contribution in [0.2, 0.25) is 5.02 Å². The lowest BCUT2D eigenvalue weighted by atomic mass is 9.92. The number of benzene rings is 1. The van der Waals surface area contributed by atoms with Crippen molar-refractivity contribution in [3.63, 3.8) is 0 Å². The van der Waals surface area contributed by atoms with Gasteiger partial charge in [-0.25, -0.2) is 0 Å². The molecule has 112 valence electrons. The number of carbonyl (C=O) groups excluding carboxylic acids is 1. The summed E-state index contributed by atoms with van der Waals surface area (Å²) in [5, 5.41) is 12.4. The number of likely N-dealkylation sites (tertiary alicyclic amines) is 1. The fourth-order valence-corrected chi connectivity index (χ4v) is 3.38. The van der Waals surface area contributed by atoms with Gasteiger partial charge in [0.1, 0.15) is 6.07 Å². The number of halogens is 1. The Morgan fingerprint density at radius 3 is 2.71 bits per heavy atom. The molecule has 2 rings (SSSR count). The third kappa shape index (κ3) is 4.45. The molecule has 2 atom stereocenters. The highest BCUT2D eigenvalue weighted by atomic mass is 35.5. The van der Waals surface area contributed by atoms with E-state index in [2.05, 4.69) is 25.2 Å². The first-order valence-corrected chi connectivity index (χ1v) is 7.68. The lowest BCUT2D eigenvalue weighted by Crippen LogP contribution is -3.15. The smallest absolute Gasteiger partial charge is 0.279 e. The molecule has 1 aliphatic rings.